The molecule has 0 aliphatic rings. The monoisotopic (exact) mass is 386 g/mol. The molecular weight excluding hydrogens is 371 g/mol. The van der Waals surface area contributed by atoms with Gasteiger partial charge in [-0.3, -0.25) is 4.79 Å². The lowest BCUT2D eigenvalue weighted by molar-refractivity contribution is 0.0950. The SMILES string of the molecule is Cc1ccccc1CNC(=O)c1cnc(Nc2cc(Cl)cc(Cl)c2)nc1. The topological polar surface area (TPSA) is 66.9 Å². The van der Waals surface area contributed by atoms with Gasteiger partial charge >= 0.3 is 0 Å². The van der Waals surface area contributed by atoms with E-state index in [2.05, 4.69) is 20.6 Å². The molecule has 26 heavy (non-hydrogen) atoms. The second-order valence-corrected chi connectivity index (χ2v) is 6.56. The van der Waals surface area contributed by atoms with Gasteiger partial charge in [0.15, 0.2) is 0 Å². The molecule has 3 aromatic rings. The van der Waals surface area contributed by atoms with Crippen LogP contribution in [0.5, 0.6) is 0 Å². The van der Waals surface area contributed by atoms with Crippen LogP contribution in [0.3, 0.4) is 0 Å². The predicted octanol–water partition coefficient (Wildman–Crippen LogP) is 4.77. The molecule has 0 saturated heterocycles. The summed E-state index contributed by atoms with van der Waals surface area (Å²) < 4.78 is 0. The van der Waals surface area contributed by atoms with Crippen LogP contribution in [0.4, 0.5) is 11.6 Å². The van der Waals surface area contributed by atoms with Crippen molar-refractivity contribution >= 4 is 40.7 Å². The van der Waals surface area contributed by atoms with E-state index >= 15 is 0 Å². The van der Waals surface area contributed by atoms with E-state index in [9.17, 15) is 4.79 Å². The number of carbonyl (C=O) groups excluding carboxylic acids is 1. The normalized spacial score (nSPS) is 10.4. The highest BCUT2D eigenvalue weighted by atomic mass is 35.5. The van der Waals surface area contributed by atoms with Crippen molar-refractivity contribution in [3.05, 3.63) is 81.6 Å². The van der Waals surface area contributed by atoms with Gasteiger partial charge in [0.25, 0.3) is 5.91 Å². The minimum Gasteiger partial charge on any atom is -0.348 e. The summed E-state index contributed by atoms with van der Waals surface area (Å²) >= 11 is 11.9. The quantitative estimate of drug-likeness (QED) is 0.662. The van der Waals surface area contributed by atoms with Crippen LogP contribution in [0, 0.1) is 6.92 Å². The van der Waals surface area contributed by atoms with Crippen molar-refractivity contribution in [1.29, 1.82) is 0 Å². The Morgan fingerprint density at radius 1 is 1.04 bits per heavy atom. The molecule has 3 rings (SSSR count). The Labute approximate surface area is 161 Å². The predicted molar refractivity (Wildman–Crippen MR) is 104 cm³/mol. The summed E-state index contributed by atoms with van der Waals surface area (Å²) in [5.74, 6) is 0.115. The third kappa shape index (κ3) is 4.71. The van der Waals surface area contributed by atoms with Crippen LogP contribution < -0.4 is 10.6 Å². The number of anilines is 2. The van der Waals surface area contributed by atoms with E-state index < -0.39 is 0 Å². The highest BCUT2D eigenvalue weighted by Gasteiger charge is 2.08. The van der Waals surface area contributed by atoms with Crippen molar-refractivity contribution in [3.63, 3.8) is 0 Å². The van der Waals surface area contributed by atoms with E-state index in [4.69, 9.17) is 23.2 Å². The van der Waals surface area contributed by atoms with Crippen molar-refractivity contribution in [2.75, 3.05) is 5.32 Å². The van der Waals surface area contributed by atoms with Crippen LogP contribution >= 0.6 is 23.2 Å². The van der Waals surface area contributed by atoms with E-state index in [-0.39, 0.29) is 5.91 Å². The fraction of sp³-hybridized carbons (Fsp3) is 0.105. The van der Waals surface area contributed by atoms with Crippen LogP contribution in [0.15, 0.2) is 54.9 Å². The van der Waals surface area contributed by atoms with Crippen molar-refractivity contribution in [1.82, 2.24) is 15.3 Å². The Morgan fingerprint density at radius 2 is 1.69 bits per heavy atom. The van der Waals surface area contributed by atoms with E-state index in [1.165, 1.54) is 12.4 Å². The van der Waals surface area contributed by atoms with Gasteiger partial charge in [-0.25, -0.2) is 9.97 Å². The van der Waals surface area contributed by atoms with Gasteiger partial charge in [-0.1, -0.05) is 47.5 Å². The zero-order chi connectivity index (χ0) is 18.5. The third-order valence-corrected chi connectivity index (χ3v) is 4.17. The fourth-order valence-electron chi connectivity index (χ4n) is 2.35. The van der Waals surface area contributed by atoms with E-state index in [0.29, 0.717) is 33.8 Å². The number of halogens is 2. The highest BCUT2D eigenvalue weighted by molar-refractivity contribution is 6.35. The molecule has 0 radical (unpaired) electrons. The average Bonchev–Trinajstić information content (AvgIpc) is 2.60. The zero-order valence-electron chi connectivity index (χ0n) is 14.0. The van der Waals surface area contributed by atoms with Gasteiger partial charge in [0, 0.05) is 34.7 Å². The standard InChI is InChI=1S/C19H16Cl2N4O/c1-12-4-2-3-5-13(12)9-22-18(26)14-10-23-19(24-11-14)25-17-7-15(20)6-16(21)8-17/h2-8,10-11H,9H2,1H3,(H,22,26)(H,23,24,25). The molecule has 1 aromatic heterocycles. The second-order valence-electron chi connectivity index (χ2n) is 5.69. The van der Waals surface area contributed by atoms with Crippen molar-refractivity contribution in [2.24, 2.45) is 0 Å². The van der Waals surface area contributed by atoms with Crippen LogP contribution in [-0.2, 0) is 6.54 Å². The first-order valence-corrected chi connectivity index (χ1v) is 8.65. The van der Waals surface area contributed by atoms with Gasteiger partial charge in [-0.15, -0.1) is 0 Å². The Bertz CT molecular complexity index is 909. The third-order valence-electron chi connectivity index (χ3n) is 3.73. The molecule has 0 bridgehead atoms. The largest absolute Gasteiger partial charge is 0.348 e. The second kappa shape index (κ2) is 8.17. The van der Waals surface area contributed by atoms with Gasteiger partial charge in [-0.2, -0.15) is 0 Å². The summed E-state index contributed by atoms with van der Waals surface area (Å²) in [5, 5.41) is 6.87. The molecule has 0 unspecified atom stereocenters. The zero-order valence-corrected chi connectivity index (χ0v) is 15.5. The molecule has 0 aliphatic heterocycles. The van der Waals surface area contributed by atoms with Gasteiger partial charge in [0.05, 0.1) is 5.56 Å². The summed E-state index contributed by atoms with van der Waals surface area (Å²) in [4.78, 5) is 20.6. The summed E-state index contributed by atoms with van der Waals surface area (Å²) in [6.45, 7) is 2.46. The maximum atomic E-state index is 12.2. The number of benzene rings is 2. The number of amides is 1. The molecule has 1 amide bonds. The number of hydrogen-bond acceptors (Lipinski definition) is 4. The Morgan fingerprint density at radius 3 is 2.35 bits per heavy atom. The minimum atomic E-state index is -0.231. The first-order chi connectivity index (χ1) is 12.5. The molecule has 1 heterocycles. The lowest BCUT2D eigenvalue weighted by atomic mass is 10.1. The first-order valence-electron chi connectivity index (χ1n) is 7.89. The molecule has 2 aromatic carbocycles. The molecule has 2 N–H and O–H groups in total. The number of aryl methyl sites for hydroxylation is 1. The molecule has 7 heteroatoms. The van der Waals surface area contributed by atoms with Crippen molar-refractivity contribution < 1.29 is 4.79 Å². The first kappa shape index (κ1) is 18.2. The highest BCUT2D eigenvalue weighted by Crippen LogP contribution is 2.24. The van der Waals surface area contributed by atoms with Crippen LogP contribution in [0.2, 0.25) is 10.0 Å². The lowest BCUT2D eigenvalue weighted by Gasteiger charge is -2.09. The summed E-state index contributed by atoms with van der Waals surface area (Å²) in [5.41, 5.74) is 3.24. The summed E-state index contributed by atoms with van der Waals surface area (Å²) in [6, 6.07) is 13.0. The van der Waals surface area contributed by atoms with Crippen molar-refractivity contribution in [3.8, 4) is 0 Å². The van der Waals surface area contributed by atoms with Gasteiger partial charge in [0.2, 0.25) is 5.95 Å². The number of rotatable bonds is 5. The number of aromatic nitrogens is 2. The van der Waals surface area contributed by atoms with E-state index in [1.807, 2.05) is 31.2 Å². The maximum absolute atomic E-state index is 12.2. The van der Waals surface area contributed by atoms with Gasteiger partial charge < -0.3 is 10.6 Å². The molecular formula is C19H16Cl2N4O. The van der Waals surface area contributed by atoms with E-state index in [1.54, 1.807) is 18.2 Å². The molecule has 0 saturated carbocycles. The van der Waals surface area contributed by atoms with Crippen LogP contribution in [-0.4, -0.2) is 15.9 Å². The molecule has 5 nitrogen and oxygen atoms in total. The van der Waals surface area contributed by atoms with Gasteiger partial charge in [-0.05, 0) is 36.2 Å². The Balaban J connectivity index is 1.63. The summed E-state index contributed by atoms with van der Waals surface area (Å²) in [7, 11) is 0. The number of hydrogen-bond donors (Lipinski definition) is 2. The molecule has 132 valence electrons. The summed E-state index contributed by atoms with van der Waals surface area (Å²) in [6.07, 6.45) is 2.93. The number of nitrogens with one attached hydrogen (secondary N) is 2. The fourth-order valence-corrected chi connectivity index (χ4v) is 2.88. The minimum absolute atomic E-state index is 0.231. The van der Waals surface area contributed by atoms with E-state index in [0.717, 1.165) is 11.1 Å². The van der Waals surface area contributed by atoms with Crippen LogP contribution in [0.25, 0.3) is 0 Å². The number of carbonyl (C=O) groups is 1. The van der Waals surface area contributed by atoms with Crippen molar-refractivity contribution in [2.45, 2.75) is 13.5 Å². The van der Waals surface area contributed by atoms with Crippen LogP contribution in [0.1, 0.15) is 21.5 Å². The number of nitrogens with zero attached hydrogens (tertiary/aromatic N) is 2. The Hall–Kier alpha value is -2.63. The molecule has 0 spiro atoms. The lowest BCUT2D eigenvalue weighted by Crippen LogP contribution is -2.23. The smallest absolute Gasteiger partial charge is 0.254 e. The average molecular weight is 387 g/mol. The molecule has 0 atom stereocenters. The molecule has 0 fully saturated rings. The maximum Gasteiger partial charge on any atom is 0.254 e. The van der Waals surface area contributed by atoms with Gasteiger partial charge in [0.1, 0.15) is 0 Å². The molecule has 0 aliphatic carbocycles. The Kier molecular flexibility index (Phi) is 5.71.